The van der Waals surface area contributed by atoms with Gasteiger partial charge in [0.05, 0.1) is 30.0 Å². The SMILES string of the molecule is COc1ccccc1NCC(=O)N/N=C\c1cc(Br)cc(Br)c1O. The summed E-state index contributed by atoms with van der Waals surface area (Å²) in [6.45, 7) is 0.0336. The van der Waals surface area contributed by atoms with E-state index in [1.807, 2.05) is 18.2 Å². The molecule has 0 aromatic heterocycles. The molecule has 0 fully saturated rings. The summed E-state index contributed by atoms with van der Waals surface area (Å²) in [5, 5.41) is 16.7. The Balaban J connectivity index is 1.92. The summed E-state index contributed by atoms with van der Waals surface area (Å²) in [5.41, 5.74) is 3.57. The highest BCUT2D eigenvalue weighted by molar-refractivity contribution is 9.11. The molecule has 2 rings (SSSR count). The second-order valence-electron chi connectivity index (χ2n) is 4.67. The summed E-state index contributed by atoms with van der Waals surface area (Å²) in [7, 11) is 1.56. The zero-order valence-corrected chi connectivity index (χ0v) is 15.9. The van der Waals surface area contributed by atoms with Gasteiger partial charge in [-0.15, -0.1) is 0 Å². The number of carbonyl (C=O) groups is 1. The van der Waals surface area contributed by atoms with Crippen LogP contribution in [0.4, 0.5) is 5.69 Å². The minimum Gasteiger partial charge on any atom is -0.506 e. The third-order valence-corrected chi connectivity index (χ3v) is 4.06. The molecule has 0 spiro atoms. The van der Waals surface area contributed by atoms with Crippen molar-refractivity contribution in [1.82, 2.24) is 5.43 Å². The number of phenolic OH excluding ortho intramolecular Hbond substituents is 1. The van der Waals surface area contributed by atoms with Crippen LogP contribution in [0.15, 0.2) is 50.4 Å². The summed E-state index contributed by atoms with van der Waals surface area (Å²) in [4.78, 5) is 11.8. The van der Waals surface area contributed by atoms with Gasteiger partial charge in [-0.25, -0.2) is 5.43 Å². The van der Waals surface area contributed by atoms with Gasteiger partial charge in [0.25, 0.3) is 5.91 Å². The Morgan fingerprint density at radius 3 is 2.83 bits per heavy atom. The number of para-hydroxylation sites is 2. The number of hydrazone groups is 1. The standard InChI is InChI=1S/C16H15Br2N3O3/c1-24-14-5-3-2-4-13(14)19-9-15(22)21-20-8-10-6-11(17)7-12(18)16(10)23/h2-8,19,23H,9H2,1H3,(H,21,22)/b20-8-. The Morgan fingerprint density at radius 1 is 1.33 bits per heavy atom. The van der Waals surface area contributed by atoms with E-state index in [4.69, 9.17) is 4.74 Å². The van der Waals surface area contributed by atoms with Crippen LogP contribution in [-0.4, -0.2) is 30.9 Å². The zero-order chi connectivity index (χ0) is 17.5. The lowest BCUT2D eigenvalue weighted by Crippen LogP contribution is -2.26. The molecular weight excluding hydrogens is 442 g/mol. The molecule has 2 aromatic rings. The molecule has 0 unspecified atom stereocenters. The largest absolute Gasteiger partial charge is 0.506 e. The van der Waals surface area contributed by atoms with Crippen molar-refractivity contribution in [2.75, 3.05) is 19.0 Å². The van der Waals surface area contributed by atoms with E-state index >= 15 is 0 Å². The van der Waals surface area contributed by atoms with Crippen LogP contribution in [0.25, 0.3) is 0 Å². The van der Waals surface area contributed by atoms with Gasteiger partial charge in [0.1, 0.15) is 11.5 Å². The molecule has 0 radical (unpaired) electrons. The number of anilines is 1. The molecular formula is C16H15Br2N3O3. The van der Waals surface area contributed by atoms with Crippen LogP contribution < -0.4 is 15.5 Å². The molecule has 0 bridgehead atoms. The molecule has 0 aliphatic heterocycles. The van der Waals surface area contributed by atoms with E-state index in [9.17, 15) is 9.90 Å². The Morgan fingerprint density at radius 2 is 2.08 bits per heavy atom. The van der Waals surface area contributed by atoms with Gasteiger partial charge < -0.3 is 15.2 Å². The highest BCUT2D eigenvalue weighted by Crippen LogP contribution is 2.30. The van der Waals surface area contributed by atoms with Gasteiger partial charge in [0, 0.05) is 10.0 Å². The van der Waals surface area contributed by atoms with Crippen LogP contribution in [0.1, 0.15) is 5.56 Å². The first-order chi connectivity index (χ1) is 11.5. The fourth-order valence-electron chi connectivity index (χ4n) is 1.86. The maximum Gasteiger partial charge on any atom is 0.259 e. The van der Waals surface area contributed by atoms with E-state index in [0.29, 0.717) is 21.5 Å². The Bertz CT molecular complexity index is 766. The number of nitrogens with zero attached hydrogens (tertiary/aromatic N) is 1. The highest BCUT2D eigenvalue weighted by Gasteiger charge is 2.06. The van der Waals surface area contributed by atoms with Crippen molar-refractivity contribution in [2.24, 2.45) is 5.10 Å². The van der Waals surface area contributed by atoms with Gasteiger partial charge in [0.2, 0.25) is 0 Å². The van der Waals surface area contributed by atoms with Crippen molar-refractivity contribution in [3.63, 3.8) is 0 Å². The minimum absolute atomic E-state index is 0.0336. The van der Waals surface area contributed by atoms with E-state index in [1.54, 1.807) is 25.3 Å². The van der Waals surface area contributed by atoms with E-state index in [1.165, 1.54) is 6.21 Å². The molecule has 0 saturated heterocycles. The van der Waals surface area contributed by atoms with E-state index in [-0.39, 0.29) is 18.2 Å². The number of phenols is 1. The fourth-order valence-corrected chi connectivity index (χ4v) is 3.12. The molecule has 0 saturated carbocycles. The molecule has 0 aliphatic rings. The number of rotatable bonds is 6. The number of nitrogens with one attached hydrogen (secondary N) is 2. The first-order valence-electron chi connectivity index (χ1n) is 6.88. The van der Waals surface area contributed by atoms with Crippen molar-refractivity contribution >= 4 is 49.7 Å². The van der Waals surface area contributed by atoms with Gasteiger partial charge in [-0.2, -0.15) is 5.10 Å². The molecule has 0 aliphatic carbocycles. The Hall–Kier alpha value is -2.06. The molecule has 3 N–H and O–H groups in total. The monoisotopic (exact) mass is 455 g/mol. The number of hydrogen-bond acceptors (Lipinski definition) is 5. The summed E-state index contributed by atoms with van der Waals surface area (Å²) < 4.78 is 6.50. The molecule has 8 heteroatoms. The minimum atomic E-state index is -0.328. The van der Waals surface area contributed by atoms with Crippen LogP contribution in [0, 0.1) is 0 Å². The van der Waals surface area contributed by atoms with Crippen molar-refractivity contribution in [3.8, 4) is 11.5 Å². The predicted octanol–water partition coefficient (Wildman–Crippen LogP) is 3.49. The van der Waals surface area contributed by atoms with Crippen LogP contribution in [0.2, 0.25) is 0 Å². The molecule has 0 heterocycles. The quantitative estimate of drug-likeness (QED) is 0.459. The summed E-state index contributed by atoms with van der Waals surface area (Å²) in [5.74, 6) is 0.367. The number of carbonyl (C=O) groups excluding carboxylic acids is 1. The second-order valence-corrected chi connectivity index (χ2v) is 6.44. The third kappa shape index (κ3) is 4.97. The molecule has 0 atom stereocenters. The van der Waals surface area contributed by atoms with Crippen LogP contribution in [0.5, 0.6) is 11.5 Å². The molecule has 6 nitrogen and oxygen atoms in total. The molecule has 24 heavy (non-hydrogen) atoms. The number of hydrogen-bond donors (Lipinski definition) is 3. The number of amides is 1. The van der Waals surface area contributed by atoms with Crippen molar-refractivity contribution in [3.05, 3.63) is 50.9 Å². The summed E-state index contributed by atoms with van der Waals surface area (Å²) >= 11 is 6.55. The maximum atomic E-state index is 11.8. The van der Waals surface area contributed by atoms with Gasteiger partial charge in [-0.3, -0.25) is 4.79 Å². The van der Waals surface area contributed by atoms with Crippen molar-refractivity contribution < 1.29 is 14.6 Å². The summed E-state index contributed by atoms with van der Waals surface area (Å²) in [6.07, 6.45) is 1.37. The zero-order valence-electron chi connectivity index (χ0n) is 12.7. The highest BCUT2D eigenvalue weighted by atomic mass is 79.9. The third-order valence-electron chi connectivity index (χ3n) is 3.00. The van der Waals surface area contributed by atoms with Gasteiger partial charge >= 0.3 is 0 Å². The lowest BCUT2D eigenvalue weighted by atomic mass is 10.2. The van der Waals surface area contributed by atoms with Crippen molar-refractivity contribution in [2.45, 2.75) is 0 Å². The van der Waals surface area contributed by atoms with Crippen LogP contribution in [-0.2, 0) is 4.79 Å². The Labute approximate surface area is 156 Å². The average Bonchev–Trinajstić information content (AvgIpc) is 2.57. The van der Waals surface area contributed by atoms with Crippen LogP contribution >= 0.6 is 31.9 Å². The van der Waals surface area contributed by atoms with Gasteiger partial charge in [-0.05, 0) is 40.2 Å². The van der Waals surface area contributed by atoms with Gasteiger partial charge in [0.15, 0.2) is 0 Å². The maximum absolute atomic E-state index is 11.8. The number of ether oxygens (including phenoxy) is 1. The van der Waals surface area contributed by atoms with E-state index in [2.05, 4.69) is 47.7 Å². The lowest BCUT2D eigenvalue weighted by molar-refractivity contribution is -0.119. The fraction of sp³-hybridized carbons (Fsp3) is 0.125. The topological polar surface area (TPSA) is 83.0 Å². The second kappa shape index (κ2) is 8.70. The summed E-state index contributed by atoms with van der Waals surface area (Å²) in [6, 6.07) is 10.7. The number of halogens is 2. The first kappa shape index (κ1) is 18.3. The molecule has 1 amide bonds. The van der Waals surface area contributed by atoms with E-state index in [0.717, 1.165) is 4.47 Å². The van der Waals surface area contributed by atoms with E-state index < -0.39 is 0 Å². The molecule has 126 valence electrons. The van der Waals surface area contributed by atoms with Crippen molar-refractivity contribution in [1.29, 1.82) is 0 Å². The lowest BCUT2D eigenvalue weighted by Gasteiger charge is -2.09. The number of methoxy groups -OCH3 is 1. The average molecular weight is 457 g/mol. The van der Waals surface area contributed by atoms with Crippen LogP contribution in [0.3, 0.4) is 0 Å². The van der Waals surface area contributed by atoms with Gasteiger partial charge in [-0.1, -0.05) is 28.1 Å². The molecule has 2 aromatic carbocycles. The predicted molar refractivity (Wildman–Crippen MR) is 101 cm³/mol. The normalized spacial score (nSPS) is 10.6. The first-order valence-corrected chi connectivity index (χ1v) is 8.46. The Kier molecular flexibility index (Phi) is 6.62. The number of benzene rings is 2. The number of aromatic hydroxyl groups is 1. The smallest absolute Gasteiger partial charge is 0.259 e.